The molecule has 3 heteroatoms. The third-order valence-electron chi connectivity index (χ3n) is 3.61. The standard InChI is InChI=1S/C17H15ClO2/c1-10-3-4-11(2)14(9-10)15(19)17-16(20-17)12-5-7-13(18)8-6-12/h3-9,16-17H,1-2H3. The summed E-state index contributed by atoms with van der Waals surface area (Å²) in [5.41, 5.74) is 3.83. The first-order valence-corrected chi connectivity index (χ1v) is 6.96. The number of benzene rings is 2. The molecular weight excluding hydrogens is 272 g/mol. The minimum Gasteiger partial charge on any atom is -0.356 e. The van der Waals surface area contributed by atoms with Crippen LogP contribution in [0.25, 0.3) is 0 Å². The van der Waals surface area contributed by atoms with Crippen LogP contribution in [-0.2, 0) is 4.74 Å². The van der Waals surface area contributed by atoms with Crippen LogP contribution in [0.3, 0.4) is 0 Å². The van der Waals surface area contributed by atoms with Crippen molar-refractivity contribution in [3.63, 3.8) is 0 Å². The second-order valence-corrected chi connectivity index (χ2v) is 5.65. The monoisotopic (exact) mass is 286 g/mol. The number of ether oxygens (including phenoxy) is 1. The van der Waals surface area contributed by atoms with E-state index in [9.17, 15) is 4.79 Å². The van der Waals surface area contributed by atoms with Gasteiger partial charge in [-0.05, 0) is 43.2 Å². The smallest absolute Gasteiger partial charge is 0.194 e. The van der Waals surface area contributed by atoms with E-state index in [2.05, 4.69) is 0 Å². The van der Waals surface area contributed by atoms with Gasteiger partial charge in [-0.1, -0.05) is 41.4 Å². The molecule has 2 unspecified atom stereocenters. The first kappa shape index (κ1) is 13.3. The fourth-order valence-corrected chi connectivity index (χ4v) is 2.50. The average Bonchev–Trinajstić information content (AvgIpc) is 3.22. The Morgan fingerprint density at radius 3 is 2.50 bits per heavy atom. The Hall–Kier alpha value is -1.64. The zero-order chi connectivity index (χ0) is 14.3. The zero-order valence-electron chi connectivity index (χ0n) is 11.4. The molecule has 0 N–H and O–H groups in total. The summed E-state index contributed by atoms with van der Waals surface area (Å²) < 4.78 is 5.56. The van der Waals surface area contributed by atoms with E-state index in [4.69, 9.17) is 16.3 Å². The van der Waals surface area contributed by atoms with Gasteiger partial charge in [0.15, 0.2) is 11.9 Å². The van der Waals surface area contributed by atoms with Crippen LogP contribution in [0, 0.1) is 13.8 Å². The molecule has 2 aromatic rings. The maximum Gasteiger partial charge on any atom is 0.194 e. The predicted octanol–water partition coefficient (Wildman–Crippen LogP) is 4.28. The van der Waals surface area contributed by atoms with E-state index in [1.165, 1.54) is 0 Å². The van der Waals surface area contributed by atoms with Gasteiger partial charge in [-0.2, -0.15) is 0 Å². The molecule has 0 radical (unpaired) electrons. The van der Waals surface area contributed by atoms with Crippen molar-refractivity contribution in [3.8, 4) is 0 Å². The normalized spacial score (nSPS) is 20.8. The number of epoxide rings is 1. The van der Waals surface area contributed by atoms with Crippen LogP contribution in [0.1, 0.15) is 33.2 Å². The first-order chi connectivity index (χ1) is 9.56. The predicted molar refractivity (Wildman–Crippen MR) is 79.3 cm³/mol. The third kappa shape index (κ3) is 2.49. The Labute approximate surface area is 123 Å². The molecule has 0 aromatic heterocycles. The molecule has 3 rings (SSSR count). The lowest BCUT2D eigenvalue weighted by atomic mass is 9.97. The van der Waals surface area contributed by atoms with Gasteiger partial charge in [-0.15, -0.1) is 0 Å². The van der Waals surface area contributed by atoms with Gasteiger partial charge in [0.1, 0.15) is 6.10 Å². The van der Waals surface area contributed by atoms with Crippen molar-refractivity contribution >= 4 is 17.4 Å². The van der Waals surface area contributed by atoms with E-state index in [1.807, 2.05) is 56.3 Å². The van der Waals surface area contributed by atoms with Crippen molar-refractivity contribution in [1.29, 1.82) is 0 Å². The van der Waals surface area contributed by atoms with Crippen LogP contribution < -0.4 is 0 Å². The van der Waals surface area contributed by atoms with Gasteiger partial charge in [-0.25, -0.2) is 0 Å². The van der Waals surface area contributed by atoms with Crippen LogP contribution in [0.5, 0.6) is 0 Å². The Bertz CT molecular complexity index is 661. The molecule has 1 aliphatic heterocycles. The van der Waals surface area contributed by atoms with Crippen molar-refractivity contribution < 1.29 is 9.53 Å². The van der Waals surface area contributed by atoms with Crippen LogP contribution >= 0.6 is 11.6 Å². The molecule has 2 nitrogen and oxygen atoms in total. The van der Waals surface area contributed by atoms with Gasteiger partial charge in [0.2, 0.25) is 0 Å². The van der Waals surface area contributed by atoms with E-state index in [0.717, 1.165) is 22.3 Å². The number of hydrogen-bond donors (Lipinski definition) is 0. The fraction of sp³-hybridized carbons (Fsp3) is 0.235. The quantitative estimate of drug-likeness (QED) is 0.622. The average molecular weight is 287 g/mol. The van der Waals surface area contributed by atoms with Crippen LogP contribution in [0.4, 0.5) is 0 Å². The van der Waals surface area contributed by atoms with Gasteiger partial charge in [-0.3, -0.25) is 4.79 Å². The molecule has 0 spiro atoms. The van der Waals surface area contributed by atoms with Crippen molar-refractivity contribution in [2.24, 2.45) is 0 Å². The minimum atomic E-state index is -0.364. The van der Waals surface area contributed by atoms with Crippen molar-refractivity contribution in [2.45, 2.75) is 26.1 Å². The second kappa shape index (κ2) is 5.04. The SMILES string of the molecule is Cc1ccc(C)c(C(=O)C2OC2c2ccc(Cl)cc2)c1. The van der Waals surface area contributed by atoms with E-state index >= 15 is 0 Å². The number of ketones is 1. The van der Waals surface area contributed by atoms with Crippen LogP contribution in [0.15, 0.2) is 42.5 Å². The van der Waals surface area contributed by atoms with Gasteiger partial charge in [0, 0.05) is 10.6 Å². The lowest BCUT2D eigenvalue weighted by Crippen LogP contribution is -2.10. The third-order valence-corrected chi connectivity index (χ3v) is 3.86. The Balaban J connectivity index is 1.80. The summed E-state index contributed by atoms with van der Waals surface area (Å²) in [4.78, 5) is 12.5. The zero-order valence-corrected chi connectivity index (χ0v) is 12.1. The molecule has 102 valence electrons. The number of carbonyl (C=O) groups is 1. The molecule has 1 heterocycles. The van der Waals surface area contributed by atoms with Crippen LogP contribution in [-0.4, -0.2) is 11.9 Å². The first-order valence-electron chi connectivity index (χ1n) is 6.58. The maximum atomic E-state index is 12.5. The highest BCUT2D eigenvalue weighted by Gasteiger charge is 2.46. The molecule has 0 amide bonds. The van der Waals surface area contributed by atoms with Crippen molar-refractivity contribution in [2.75, 3.05) is 0 Å². The Morgan fingerprint density at radius 1 is 1.10 bits per heavy atom. The topological polar surface area (TPSA) is 29.6 Å². The molecule has 20 heavy (non-hydrogen) atoms. The number of carbonyl (C=O) groups excluding carboxylic acids is 1. The molecule has 1 saturated heterocycles. The number of rotatable bonds is 3. The van der Waals surface area contributed by atoms with Crippen molar-refractivity contribution in [1.82, 2.24) is 0 Å². The molecule has 1 aliphatic rings. The van der Waals surface area contributed by atoms with Gasteiger partial charge in [0.05, 0.1) is 0 Å². The Kier molecular flexibility index (Phi) is 3.36. The highest BCUT2D eigenvalue weighted by Crippen LogP contribution is 2.41. The minimum absolute atomic E-state index is 0.0612. The van der Waals surface area contributed by atoms with Gasteiger partial charge >= 0.3 is 0 Å². The van der Waals surface area contributed by atoms with Crippen LogP contribution in [0.2, 0.25) is 5.02 Å². The summed E-state index contributed by atoms with van der Waals surface area (Å²) in [6, 6.07) is 13.4. The molecule has 0 aliphatic carbocycles. The summed E-state index contributed by atoms with van der Waals surface area (Å²) in [7, 11) is 0. The fourth-order valence-electron chi connectivity index (χ4n) is 2.37. The number of aryl methyl sites for hydroxylation is 2. The second-order valence-electron chi connectivity index (χ2n) is 5.21. The maximum absolute atomic E-state index is 12.5. The Morgan fingerprint density at radius 2 is 1.80 bits per heavy atom. The van der Waals surface area contributed by atoms with Crippen molar-refractivity contribution in [3.05, 3.63) is 69.7 Å². The summed E-state index contributed by atoms with van der Waals surface area (Å²) in [5.74, 6) is 0.0612. The van der Waals surface area contributed by atoms with E-state index in [1.54, 1.807) is 0 Å². The summed E-state index contributed by atoms with van der Waals surface area (Å²) in [6.45, 7) is 3.94. The lowest BCUT2D eigenvalue weighted by Gasteiger charge is -2.04. The summed E-state index contributed by atoms with van der Waals surface area (Å²) >= 11 is 5.86. The van der Waals surface area contributed by atoms with E-state index in [-0.39, 0.29) is 18.0 Å². The molecule has 2 atom stereocenters. The summed E-state index contributed by atoms with van der Waals surface area (Å²) in [5, 5.41) is 0.687. The molecule has 2 aromatic carbocycles. The molecular formula is C17H15ClO2. The highest BCUT2D eigenvalue weighted by molar-refractivity contribution is 6.30. The van der Waals surface area contributed by atoms with E-state index in [0.29, 0.717) is 5.02 Å². The highest BCUT2D eigenvalue weighted by atomic mass is 35.5. The van der Waals surface area contributed by atoms with Gasteiger partial charge < -0.3 is 4.74 Å². The molecule has 1 fully saturated rings. The lowest BCUT2D eigenvalue weighted by molar-refractivity contribution is 0.0953. The van der Waals surface area contributed by atoms with Gasteiger partial charge in [0.25, 0.3) is 0 Å². The molecule has 0 saturated carbocycles. The van der Waals surface area contributed by atoms with E-state index < -0.39 is 0 Å². The number of hydrogen-bond acceptors (Lipinski definition) is 2. The summed E-state index contributed by atoms with van der Waals surface area (Å²) in [6.07, 6.45) is -0.503. The number of halogens is 1. The number of Topliss-reactive ketones (excluding diaryl/α,β-unsaturated/α-hetero) is 1. The largest absolute Gasteiger partial charge is 0.356 e. The molecule has 0 bridgehead atoms.